The molecule has 0 rings (SSSR count). The fourth-order valence-electron chi connectivity index (χ4n) is 0.715. The number of halogens is 2. The van der Waals surface area contributed by atoms with Crippen molar-refractivity contribution in [1.29, 1.82) is 0 Å². The van der Waals surface area contributed by atoms with E-state index in [1.807, 2.05) is 13.0 Å². The highest BCUT2D eigenvalue weighted by molar-refractivity contribution is 6.27. The molecule has 4 heteroatoms. The number of rotatable bonds is 4. The van der Waals surface area contributed by atoms with E-state index in [-0.39, 0.29) is 12.4 Å². The van der Waals surface area contributed by atoms with Crippen LogP contribution in [0.1, 0.15) is 33.1 Å². The topological polar surface area (TPSA) is 40.0 Å². The van der Waals surface area contributed by atoms with Gasteiger partial charge in [-0.05, 0) is 30.5 Å². The standard InChI is InChI=1S/C8H15ClN2.ClH/c1-3-5-7(9)11-8(10)6-4-2;/h5H,3-4,6H2,1-2H3,(H2,10,11);1H/b7-5-;. The van der Waals surface area contributed by atoms with Crippen molar-refractivity contribution in [3.63, 3.8) is 0 Å². The van der Waals surface area contributed by atoms with Gasteiger partial charge in [0.05, 0.1) is 0 Å². The average Bonchev–Trinajstić information content (AvgIpc) is 1.87. The van der Waals surface area contributed by atoms with Crippen LogP contribution in [0.5, 0.6) is 0 Å². The molecule has 0 aromatic rings. The van der Waals surface area contributed by atoms with Crippen LogP contribution >= 0.6 is 11.6 Å². The molecular formula is C8H16Cl2N2. The van der Waals surface area contributed by atoms with E-state index in [0.29, 0.717) is 5.16 Å². The number of nitrogens with two attached hydrogens (primary N) is 1. The fourth-order valence-corrected chi connectivity index (χ4v) is 0.991. The summed E-state index contributed by atoms with van der Waals surface area (Å²) in [6, 6.07) is 0. The van der Waals surface area contributed by atoms with Gasteiger partial charge in [0.25, 0.3) is 0 Å². The van der Waals surface area contributed by atoms with Crippen molar-refractivity contribution in [2.75, 3.05) is 0 Å². The number of hydrogen-bond acceptors (Lipinski definition) is 0. The normalized spacial score (nSPS) is 12.6. The van der Waals surface area contributed by atoms with Gasteiger partial charge >= 0.3 is 0 Å². The van der Waals surface area contributed by atoms with E-state index < -0.39 is 0 Å². The van der Waals surface area contributed by atoms with Crippen LogP contribution < -0.4 is 23.1 Å². The second-order valence-electron chi connectivity index (χ2n) is 2.36. The summed E-state index contributed by atoms with van der Waals surface area (Å²) in [4.78, 5) is 2.90. The molecule has 12 heavy (non-hydrogen) atoms. The zero-order valence-corrected chi connectivity index (χ0v) is 9.04. The molecule has 0 atom stereocenters. The van der Waals surface area contributed by atoms with Crippen LogP contribution in [-0.4, -0.2) is 5.84 Å². The minimum atomic E-state index is 0. The molecule has 0 aliphatic heterocycles. The van der Waals surface area contributed by atoms with Gasteiger partial charge in [0, 0.05) is 6.42 Å². The maximum Gasteiger partial charge on any atom is 0.246 e. The molecule has 0 saturated heterocycles. The maximum atomic E-state index is 5.76. The summed E-state index contributed by atoms with van der Waals surface area (Å²) in [7, 11) is 0. The van der Waals surface area contributed by atoms with Crippen LogP contribution in [0.25, 0.3) is 0 Å². The molecule has 0 aromatic carbocycles. The van der Waals surface area contributed by atoms with E-state index >= 15 is 0 Å². The Balaban J connectivity index is 0. The third-order valence-electron chi connectivity index (χ3n) is 1.18. The lowest BCUT2D eigenvalue weighted by molar-refractivity contribution is -0.386. The van der Waals surface area contributed by atoms with Gasteiger partial charge in [-0.3, -0.25) is 5.73 Å². The number of hydrogen-bond donors (Lipinski definition) is 2. The van der Waals surface area contributed by atoms with E-state index in [9.17, 15) is 0 Å². The minimum Gasteiger partial charge on any atom is -1.00 e. The van der Waals surface area contributed by atoms with Gasteiger partial charge in [-0.2, -0.15) is 0 Å². The Kier molecular flexibility index (Phi) is 10.6. The summed E-state index contributed by atoms with van der Waals surface area (Å²) in [5.41, 5.74) is 5.60. The SMILES string of the molecule is CC/C=C(Cl)\[NH+]=C(\N)CCC.[Cl-]. The van der Waals surface area contributed by atoms with Crippen molar-refractivity contribution >= 4 is 17.4 Å². The van der Waals surface area contributed by atoms with Crippen molar-refractivity contribution < 1.29 is 17.4 Å². The summed E-state index contributed by atoms with van der Waals surface area (Å²) in [5.74, 6) is 0.738. The number of nitrogens with one attached hydrogen (secondary N) is 1. The molecule has 0 radical (unpaired) electrons. The Morgan fingerprint density at radius 3 is 2.50 bits per heavy atom. The summed E-state index contributed by atoms with van der Waals surface area (Å²) >= 11 is 5.76. The Morgan fingerprint density at radius 1 is 1.50 bits per heavy atom. The van der Waals surface area contributed by atoms with Crippen molar-refractivity contribution in [2.45, 2.75) is 33.1 Å². The predicted octanol–water partition coefficient (Wildman–Crippen LogP) is -2.28. The fraction of sp³-hybridized carbons (Fsp3) is 0.625. The molecule has 0 fully saturated rings. The van der Waals surface area contributed by atoms with E-state index in [1.54, 1.807) is 0 Å². The van der Waals surface area contributed by atoms with Crippen molar-refractivity contribution in [3.05, 3.63) is 11.2 Å². The van der Waals surface area contributed by atoms with Gasteiger partial charge in [0.15, 0.2) is 5.16 Å². The molecule has 0 spiro atoms. The van der Waals surface area contributed by atoms with Crippen molar-refractivity contribution in [2.24, 2.45) is 5.73 Å². The van der Waals surface area contributed by atoms with Crippen LogP contribution in [-0.2, 0) is 0 Å². The lowest BCUT2D eigenvalue weighted by atomic mass is 10.3. The first-order chi connectivity index (χ1) is 5.20. The third-order valence-corrected chi connectivity index (χ3v) is 1.43. The van der Waals surface area contributed by atoms with Crippen molar-refractivity contribution in [1.82, 2.24) is 0 Å². The monoisotopic (exact) mass is 210 g/mol. The lowest BCUT2D eigenvalue weighted by Crippen LogP contribution is -3.00. The molecule has 0 aliphatic carbocycles. The van der Waals surface area contributed by atoms with Crippen LogP contribution in [0.4, 0.5) is 0 Å². The highest BCUT2D eigenvalue weighted by Crippen LogP contribution is 1.89. The largest absolute Gasteiger partial charge is 1.00 e. The second-order valence-corrected chi connectivity index (χ2v) is 2.77. The van der Waals surface area contributed by atoms with Gasteiger partial charge in [-0.25, -0.2) is 4.99 Å². The minimum absolute atomic E-state index is 0. The number of amidine groups is 1. The first-order valence-electron chi connectivity index (χ1n) is 3.94. The van der Waals surface area contributed by atoms with Gasteiger partial charge in [-0.15, -0.1) is 0 Å². The van der Waals surface area contributed by atoms with E-state index in [4.69, 9.17) is 17.3 Å². The average molecular weight is 211 g/mol. The lowest BCUT2D eigenvalue weighted by Gasteiger charge is -1.89. The molecule has 2 nitrogen and oxygen atoms in total. The Hall–Kier alpha value is -0.210. The maximum absolute atomic E-state index is 5.76. The molecule has 72 valence electrons. The predicted molar refractivity (Wildman–Crippen MR) is 49.3 cm³/mol. The van der Waals surface area contributed by atoms with Gasteiger partial charge < -0.3 is 12.4 Å². The summed E-state index contributed by atoms with van der Waals surface area (Å²) in [5, 5.41) is 0.624. The zero-order chi connectivity index (χ0) is 8.69. The molecule has 0 bridgehead atoms. The van der Waals surface area contributed by atoms with E-state index in [2.05, 4.69) is 11.9 Å². The highest BCUT2D eigenvalue weighted by atomic mass is 35.5. The molecular weight excluding hydrogens is 195 g/mol. The quantitative estimate of drug-likeness (QED) is 0.307. The summed E-state index contributed by atoms with van der Waals surface area (Å²) < 4.78 is 0. The summed E-state index contributed by atoms with van der Waals surface area (Å²) in [6.07, 6.45) is 4.72. The number of allylic oxidation sites excluding steroid dienone is 1. The molecule has 0 unspecified atom stereocenters. The van der Waals surface area contributed by atoms with Crippen LogP contribution in [0, 0.1) is 0 Å². The van der Waals surface area contributed by atoms with E-state index in [1.165, 1.54) is 0 Å². The van der Waals surface area contributed by atoms with Crippen LogP contribution in [0.15, 0.2) is 11.2 Å². The molecule has 3 N–H and O–H groups in total. The van der Waals surface area contributed by atoms with Crippen molar-refractivity contribution in [3.8, 4) is 0 Å². The second kappa shape index (κ2) is 8.88. The summed E-state index contributed by atoms with van der Waals surface area (Å²) in [6.45, 7) is 4.10. The first-order valence-corrected chi connectivity index (χ1v) is 4.32. The van der Waals surface area contributed by atoms with Gasteiger partial charge in [-0.1, -0.05) is 13.8 Å². The zero-order valence-electron chi connectivity index (χ0n) is 7.53. The molecule has 0 amide bonds. The molecule has 0 aromatic heterocycles. The smallest absolute Gasteiger partial charge is 0.246 e. The molecule has 0 aliphatic rings. The third kappa shape index (κ3) is 7.89. The first kappa shape index (κ1) is 14.3. The molecule has 0 heterocycles. The Labute approximate surface area is 85.3 Å². The molecule has 0 saturated carbocycles. The van der Waals surface area contributed by atoms with Crippen LogP contribution in [0.3, 0.4) is 0 Å². The van der Waals surface area contributed by atoms with Gasteiger partial charge in [0.1, 0.15) is 0 Å². The van der Waals surface area contributed by atoms with Gasteiger partial charge in [0.2, 0.25) is 5.84 Å². The Bertz CT molecular complexity index is 164. The van der Waals surface area contributed by atoms with E-state index in [0.717, 1.165) is 25.1 Å². The Morgan fingerprint density at radius 2 is 2.08 bits per heavy atom. The van der Waals surface area contributed by atoms with Crippen LogP contribution in [0.2, 0.25) is 0 Å². The highest BCUT2D eigenvalue weighted by Gasteiger charge is 1.96.